The van der Waals surface area contributed by atoms with Crippen molar-refractivity contribution in [3.05, 3.63) is 23.7 Å². The van der Waals surface area contributed by atoms with Crippen molar-refractivity contribution < 1.29 is 0 Å². The fourth-order valence-corrected chi connectivity index (χ4v) is 3.14. The van der Waals surface area contributed by atoms with Crippen LogP contribution >= 0.6 is 11.3 Å². The molecule has 20 heavy (non-hydrogen) atoms. The average Bonchev–Trinajstić information content (AvgIpc) is 3.06. The quantitative estimate of drug-likeness (QED) is 0.733. The molecule has 0 spiro atoms. The molecule has 0 radical (unpaired) electrons. The maximum absolute atomic E-state index is 4.57. The number of fused-ring (bicyclic) bond motifs is 1. The highest BCUT2D eigenvalue weighted by molar-refractivity contribution is 7.22. The van der Waals surface area contributed by atoms with Gasteiger partial charge in [0.25, 0.3) is 0 Å². The highest BCUT2D eigenvalue weighted by atomic mass is 32.1. The van der Waals surface area contributed by atoms with E-state index >= 15 is 0 Å². The first-order chi connectivity index (χ1) is 9.63. The molecule has 0 saturated carbocycles. The number of hydrogen-bond donors (Lipinski definition) is 1. The molecule has 3 rings (SSSR count). The van der Waals surface area contributed by atoms with Crippen molar-refractivity contribution >= 4 is 26.8 Å². The SMILES string of the molecule is Cc1cnn(CCCNc2nc3c(s2)c(C)nn3C)c1. The number of anilines is 1. The van der Waals surface area contributed by atoms with Crippen molar-refractivity contribution in [3.8, 4) is 0 Å². The molecule has 3 heterocycles. The van der Waals surface area contributed by atoms with Crippen LogP contribution < -0.4 is 5.32 Å². The molecule has 3 aromatic rings. The van der Waals surface area contributed by atoms with Crippen molar-refractivity contribution in [2.45, 2.75) is 26.8 Å². The maximum atomic E-state index is 4.57. The standard InChI is InChI=1S/C13H18N6S/c1-9-7-15-19(8-9)6-4-5-14-13-16-12-11(20-13)10(2)17-18(12)3/h7-8H,4-6H2,1-3H3,(H,14,16). The second-order valence-corrected chi connectivity index (χ2v) is 5.94. The van der Waals surface area contributed by atoms with Gasteiger partial charge < -0.3 is 5.32 Å². The van der Waals surface area contributed by atoms with Gasteiger partial charge in [-0.25, -0.2) is 9.67 Å². The molecule has 6 nitrogen and oxygen atoms in total. The summed E-state index contributed by atoms with van der Waals surface area (Å²) >= 11 is 1.67. The number of aromatic nitrogens is 5. The summed E-state index contributed by atoms with van der Waals surface area (Å²) in [4.78, 5) is 4.57. The van der Waals surface area contributed by atoms with Crippen molar-refractivity contribution in [3.63, 3.8) is 0 Å². The molecule has 106 valence electrons. The van der Waals surface area contributed by atoms with Gasteiger partial charge in [0.05, 0.1) is 16.6 Å². The van der Waals surface area contributed by atoms with Gasteiger partial charge in [0, 0.05) is 26.3 Å². The third-order valence-electron chi connectivity index (χ3n) is 3.15. The number of aryl methyl sites for hydroxylation is 4. The maximum Gasteiger partial charge on any atom is 0.185 e. The minimum absolute atomic E-state index is 0.894. The van der Waals surface area contributed by atoms with Crippen LogP contribution in [-0.4, -0.2) is 31.1 Å². The Bertz CT molecular complexity index is 688. The second kappa shape index (κ2) is 5.24. The van der Waals surface area contributed by atoms with Gasteiger partial charge in [-0.15, -0.1) is 0 Å². The third-order valence-corrected chi connectivity index (χ3v) is 4.26. The van der Waals surface area contributed by atoms with Crippen molar-refractivity contribution in [1.29, 1.82) is 0 Å². The molecular weight excluding hydrogens is 272 g/mol. The average molecular weight is 290 g/mol. The number of nitrogens with zero attached hydrogens (tertiary/aromatic N) is 5. The van der Waals surface area contributed by atoms with Crippen LogP contribution in [0, 0.1) is 13.8 Å². The summed E-state index contributed by atoms with van der Waals surface area (Å²) in [6.07, 6.45) is 4.97. The van der Waals surface area contributed by atoms with E-state index in [4.69, 9.17) is 0 Å². The topological polar surface area (TPSA) is 60.6 Å². The van der Waals surface area contributed by atoms with Gasteiger partial charge in [0.15, 0.2) is 10.8 Å². The van der Waals surface area contributed by atoms with E-state index in [1.165, 1.54) is 5.56 Å². The lowest BCUT2D eigenvalue weighted by molar-refractivity contribution is 0.591. The fourth-order valence-electron chi connectivity index (χ4n) is 2.19. The second-order valence-electron chi connectivity index (χ2n) is 4.94. The summed E-state index contributed by atoms with van der Waals surface area (Å²) in [6, 6.07) is 0. The van der Waals surface area contributed by atoms with Gasteiger partial charge in [-0.2, -0.15) is 10.2 Å². The van der Waals surface area contributed by atoms with E-state index in [9.17, 15) is 0 Å². The summed E-state index contributed by atoms with van der Waals surface area (Å²) in [5.74, 6) is 0. The van der Waals surface area contributed by atoms with Gasteiger partial charge >= 0.3 is 0 Å². The van der Waals surface area contributed by atoms with Crippen LogP contribution in [0.1, 0.15) is 17.7 Å². The first kappa shape index (κ1) is 13.1. The summed E-state index contributed by atoms with van der Waals surface area (Å²) in [7, 11) is 1.93. The number of thiazole rings is 1. The van der Waals surface area contributed by atoms with Crippen LogP contribution in [0.2, 0.25) is 0 Å². The van der Waals surface area contributed by atoms with E-state index in [2.05, 4.69) is 33.6 Å². The first-order valence-corrected chi connectivity index (χ1v) is 7.48. The molecule has 7 heteroatoms. The smallest absolute Gasteiger partial charge is 0.185 e. The molecule has 0 unspecified atom stereocenters. The number of rotatable bonds is 5. The molecule has 0 fully saturated rings. The lowest BCUT2D eigenvalue weighted by Gasteiger charge is -2.03. The Balaban J connectivity index is 1.56. The zero-order chi connectivity index (χ0) is 14.1. The lowest BCUT2D eigenvalue weighted by Crippen LogP contribution is -2.07. The Kier molecular flexibility index (Phi) is 3.43. The number of nitrogens with one attached hydrogen (secondary N) is 1. The van der Waals surface area contributed by atoms with Crippen LogP contribution in [0.15, 0.2) is 12.4 Å². The van der Waals surface area contributed by atoms with Crippen LogP contribution in [0.3, 0.4) is 0 Å². The minimum Gasteiger partial charge on any atom is -0.361 e. The Labute approximate surface area is 121 Å². The Morgan fingerprint density at radius 3 is 2.90 bits per heavy atom. The third kappa shape index (κ3) is 2.53. The van der Waals surface area contributed by atoms with E-state index in [1.807, 2.05) is 29.5 Å². The Morgan fingerprint density at radius 1 is 1.35 bits per heavy atom. The van der Waals surface area contributed by atoms with Crippen molar-refractivity contribution in [2.24, 2.45) is 7.05 Å². The molecule has 0 atom stereocenters. The fraction of sp³-hybridized carbons (Fsp3) is 0.462. The van der Waals surface area contributed by atoms with E-state index < -0.39 is 0 Å². The normalized spacial score (nSPS) is 11.3. The van der Waals surface area contributed by atoms with Gasteiger partial charge in [-0.05, 0) is 25.8 Å². The van der Waals surface area contributed by atoms with E-state index in [-0.39, 0.29) is 0 Å². The van der Waals surface area contributed by atoms with Crippen molar-refractivity contribution in [2.75, 3.05) is 11.9 Å². The predicted molar refractivity (Wildman–Crippen MR) is 81.2 cm³/mol. The predicted octanol–water partition coefficient (Wildman–Crippen LogP) is 2.35. The zero-order valence-electron chi connectivity index (χ0n) is 11.9. The molecule has 0 amide bonds. The molecule has 0 bridgehead atoms. The largest absolute Gasteiger partial charge is 0.361 e. The van der Waals surface area contributed by atoms with Crippen molar-refractivity contribution in [1.82, 2.24) is 24.5 Å². The van der Waals surface area contributed by atoms with E-state index in [0.717, 1.165) is 40.7 Å². The first-order valence-electron chi connectivity index (χ1n) is 6.66. The molecule has 0 aromatic carbocycles. The van der Waals surface area contributed by atoms with Crippen LogP contribution in [0.5, 0.6) is 0 Å². The summed E-state index contributed by atoms with van der Waals surface area (Å²) in [5.41, 5.74) is 3.20. The van der Waals surface area contributed by atoms with Crippen LogP contribution in [0.4, 0.5) is 5.13 Å². The van der Waals surface area contributed by atoms with Crippen LogP contribution in [0.25, 0.3) is 10.3 Å². The van der Waals surface area contributed by atoms with Gasteiger partial charge in [0.2, 0.25) is 0 Å². The van der Waals surface area contributed by atoms with Crippen LogP contribution in [-0.2, 0) is 13.6 Å². The summed E-state index contributed by atoms with van der Waals surface area (Å²) in [5, 5.41) is 13.0. The van der Waals surface area contributed by atoms with Gasteiger partial charge in [-0.3, -0.25) is 4.68 Å². The monoisotopic (exact) mass is 290 g/mol. The minimum atomic E-state index is 0.894. The van der Waals surface area contributed by atoms with Gasteiger partial charge in [-0.1, -0.05) is 11.3 Å². The van der Waals surface area contributed by atoms with E-state index in [0.29, 0.717) is 0 Å². The van der Waals surface area contributed by atoms with Gasteiger partial charge in [0.1, 0.15) is 0 Å². The molecule has 3 aromatic heterocycles. The number of hydrogen-bond acceptors (Lipinski definition) is 5. The lowest BCUT2D eigenvalue weighted by atomic mass is 10.4. The Hall–Kier alpha value is -1.89. The zero-order valence-corrected chi connectivity index (χ0v) is 12.7. The summed E-state index contributed by atoms with van der Waals surface area (Å²) < 4.78 is 4.97. The summed E-state index contributed by atoms with van der Waals surface area (Å²) in [6.45, 7) is 5.89. The molecule has 0 aliphatic carbocycles. The molecule has 0 aliphatic heterocycles. The Morgan fingerprint density at radius 2 is 2.20 bits per heavy atom. The molecular formula is C13H18N6S. The highest BCUT2D eigenvalue weighted by Gasteiger charge is 2.11. The molecule has 0 aliphatic rings. The molecule has 0 saturated heterocycles. The van der Waals surface area contributed by atoms with E-state index in [1.54, 1.807) is 11.3 Å². The highest BCUT2D eigenvalue weighted by Crippen LogP contribution is 2.27. The molecule has 1 N–H and O–H groups in total.